The van der Waals surface area contributed by atoms with E-state index >= 15 is 0 Å². The van der Waals surface area contributed by atoms with Crippen molar-refractivity contribution in [3.63, 3.8) is 0 Å². The van der Waals surface area contributed by atoms with Gasteiger partial charge in [0.15, 0.2) is 0 Å². The summed E-state index contributed by atoms with van der Waals surface area (Å²) in [7, 11) is 0. The number of aryl methyl sites for hydroxylation is 1. The third kappa shape index (κ3) is 4.06. The van der Waals surface area contributed by atoms with E-state index in [-0.39, 0.29) is 24.1 Å². The molecule has 20 heavy (non-hydrogen) atoms. The largest absolute Gasteiger partial charge is 0.481 e. The number of amides is 1. The minimum absolute atomic E-state index is 0.00807. The van der Waals surface area contributed by atoms with E-state index in [1.807, 2.05) is 0 Å². The van der Waals surface area contributed by atoms with Gasteiger partial charge in [0.25, 0.3) is 0 Å². The van der Waals surface area contributed by atoms with Crippen molar-refractivity contribution in [1.29, 1.82) is 0 Å². The van der Waals surface area contributed by atoms with Crippen LogP contribution in [0.3, 0.4) is 0 Å². The van der Waals surface area contributed by atoms with Gasteiger partial charge in [-0.25, -0.2) is 4.79 Å². The summed E-state index contributed by atoms with van der Waals surface area (Å²) < 4.78 is 0. The molecule has 0 aliphatic heterocycles. The zero-order valence-corrected chi connectivity index (χ0v) is 10.9. The van der Waals surface area contributed by atoms with Gasteiger partial charge in [-0.3, -0.25) is 9.59 Å². The molecule has 0 fully saturated rings. The van der Waals surface area contributed by atoms with Gasteiger partial charge in [0.05, 0.1) is 17.3 Å². The van der Waals surface area contributed by atoms with Crippen molar-refractivity contribution in [2.24, 2.45) is 5.73 Å². The van der Waals surface area contributed by atoms with Crippen LogP contribution in [0.15, 0.2) is 18.2 Å². The number of benzene rings is 1. The van der Waals surface area contributed by atoms with Crippen LogP contribution in [-0.2, 0) is 9.59 Å². The van der Waals surface area contributed by atoms with Gasteiger partial charge in [0, 0.05) is 6.42 Å². The Bertz CT molecular complexity index is 542. The fourth-order valence-corrected chi connectivity index (χ4v) is 1.69. The first kappa shape index (κ1) is 15.6. The zero-order chi connectivity index (χ0) is 15.3. The Morgan fingerprint density at radius 3 is 2.50 bits per heavy atom. The second-order valence-corrected chi connectivity index (χ2v) is 4.33. The number of carbonyl (C=O) groups is 3. The summed E-state index contributed by atoms with van der Waals surface area (Å²) >= 11 is 0. The quantitative estimate of drug-likeness (QED) is 0.610. The van der Waals surface area contributed by atoms with Crippen molar-refractivity contribution in [2.45, 2.75) is 25.8 Å². The van der Waals surface area contributed by atoms with Gasteiger partial charge in [-0.2, -0.15) is 0 Å². The second-order valence-electron chi connectivity index (χ2n) is 4.33. The Balaban J connectivity index is 2.83. The summed E-state index contributed by atoms with van der Waals surface area (Å²) in [5, 5.41) is 20.1. The molecule has 1 rings (SSSR count). The maximum Gasteiger partial charge on any atom is 0.338 e. The minimum atomic E-state index is -1.16. The van der Waals surface area contributed by atoms with Crippen molar-refractivity contribution < 1.29 is 24.6 Å². The molecule has 0 heterocycles. The van der Waals surface area contributed by atoms with Crippen LogP contribution in [0, 0.1) is 6.92 Å². The zero-order valence-electron chi connectivity index (χ0n) is 10.9. The van der Waals surface area contributed by atoms with Crippen molar-refractivity contribution >= 4 is 23.5 Å². The summed E-state index contributed by atoms with van der Waals surface area (Å²) in [6.45, 7) is 1.61. The number of nitrogens with two attached hydrogens (primary N) is 1. The molecule has 108 valence electrons. The molecule has 1 atom stereocenters. The maximum atomic E-state index is 11.8. The van der Waals surface area contributed by atoms with Crippen molar-refractivity contribution in [1.82, 2.24) is 0 Å². The molecule has 5 N–H and O–H groups in total. The number of aromatic carboxylic acids is 1. The second kappa shape index (κ2) is 6.67. The Morgan fingerprint density at radius 2 is 1.95 bits per heavy atom. The van der Waals surface area contributed by atoms with Gasteiger partial charge in [0.2, 0.25) is 5.91 Å². The van der Waals surface area contributed by atoms with Crippen molar-refractivity contribution in [3.05, 3.63) is 29.3 Å². The lowest BCUT2D eigenvalue weighted by molar-refractivity contribution is -0.137. The van der Waals surface area contributed by atoms with Crippen LogP contribution in [0.2, 0.25) is 0 Å². The molecule has 7 heteroatoms. The van der Waals surface area contributed by atoms with Crippen molar-refractivity contribution in [2.75, 3.05) is 5.32 Å². The number of carboxylic acid groups (broad SMARTS) is 2. The highest BCUT2D eigenvalue weighted by Crippen LogP contribution is 2.19. The van der Waals surface area contributed by atoms with E-state index in [1.165, 1.54) is 6.07 Å². The fraction of sp³-hybridized carbons (Fsp3) is 0.308. The third-order valence-electron chi connectivity index (χ3n) is 2.75. The van der Waals surface area contributed by atoms with Gasteiger partial charge in [-0.1, -0.05) is 12.1 Å². The molecule has 0 bridgehead atoms. The summed E-state index contributed by atoms with van der Waals surface area (Å²) in [6.07, 6.45) is -0.246. The smallest absolute Gasteiger partial charge is 0.338 e. The van der Waals surface area contributed by atoms with Crippen LogP contribution >= 0.6 is 0 Å². The van der Waals surface area contributed by atoms with Crippen molar-refractivity contribution in [3.8, 4) is 0 Å². The number of carboxylic acids is 2. The lowest BCUT2D eigenvalue weighted by Crippen LogP contribution is -2.36. The monoisotopic (exact) mass is 280 g/mol. The van der Waals surface area contributed by atoms with Crippen LogP contribution in [0.4, 0.5) is 5.69 Å². The maximum absolute atomic E-state index is 11.8. The van der Waals surface area contributed by atoms with E-state index < -0.39 is 23.9 Å². The van der Waals surface area contributed by atoms with E-state index in [0.29, 0.717) is 5.56 Å². The van der Waals surface area contributed by atoms with E-state index in [4.69, 9.17) is 15.9 Å². The molecule has 1 amide bonds. The van der Waals surface area contributed by atoms with Gasteiger partial charge in [0.1, 0.15) is 0 Å². The molecule has 0 aliphatic rings. The summed E-state index contributed by atoms with van der Waals surface area (Å²) in [5.41, 5.74) is 6.20. The fourth-order valence-electron chi connectivity index (χ4n) is 1.69. The van der Waals surface area contributed by atoms with Gasteiger partial charge < -0.3 is 21.3 Å². The molecular formula is C13H16N2O5. The normalized spacial score (nSPS) is 11.7. The van der Waals surface area contributed by atoms with Crippen LogP contribution in [0.5, 0.6) is 0 Å². The Labute approximate surface area is 115 Å². The Kier molecular flexibility index (Phi) is 5.22. The summed E-state index contributed by atoms with van der Waals surface area (Å²) in [5.74, 6) is -2.81. The van der Waals surface area contributed by atoms with Crippen LogP contribution in [0.1, 0.15) is 28.8 Å². The molecule has 0 spiro atoms. The lowest BCUT2D eigenvalue weighted by Gasteiger charge is -2.14. The summed E-state index contributed by atoms with van der Waals surface area (Å²) in [6, 6.07) is 3.68. The molecule has 1 unspecified atom stereocenters. The van der Waals surface area contributed by atoms with Crippen LogP contribution in [0.25, 0.3) is 0 Å². The predicted octanol–water partition coefficient (Wildman–Crippen LogP) is 0.824. The number of nitrogens with one attached hydrogen (secondary N) is 1. The SMILES string of the molecule is Cc1cccc(NC(=O)C(N)CCC(=O)O)c1C(=O)O. The van der Waals surface area contributed by atoms with E-state index in [1.54, 1.807) is 19.1 Å². The highest BCUT2D eigenvalue weighted by molar-refractivity contribution is 6.03. The lowest BCUT2D eigenvalue weighted by atomic mass is 10.1. The number of hydrogen-bond donors (Lipinski definition) is 4. The van der Waals surface area contributed by atoms with Gasteiger partial charge in [-0.15, -0.1) is 0 Å². The molecular weight excluding hydrogens is 264 g/mol. The van der Waals surface area contributed by atoms with Gasteiger partial charge >= 0.3 is 11.9 Å². The van der Waals surface area contributed by atoms with E-state index in [2.05, 4.69) is 5.32 Å². The molecule has 1 aromatic carbocycles. The van der Waals surface area contributed by atoms with Crippen LogP contribution < -0.4 is 11.1 Å². The third-order valence-corrected chi connectivity index (χ3v) is 2.75. The summed E-state index contributed by atoms with van der Waals surface area (Å²) in [4.78, 5) is 33.3. The molecule has 0 saturated heterocycles. The number of carbonyl (C=O) groups excluding carboxylic acids is 1. The van der Waals surface area contributed by atoms with E-state index in [9.17, 15) is 14.4 Å². The Morgan fingerprint density at radius 1 is 1.30 bits per heavy atom. The van der Waals surface area contributed by atoms with E-state index in [0.717, 1.165) is 0 Å². The first-order valence-corrected chi connectivity index (χ1v) is 5.94. The average Bonchev–Trinajstić information content (AvgIpc) is 2.35. The van der Waals surface area contributed by atoms with Gasteiger partial charge in [-0.05, 0) is 25.0 Å². The standard InChI is InChI=1S/C13H16N2O5/c1-7-3-2-4-9(11(7)13(19)20)15-12(18)8(14)5-6-10(16)17/h2-4,8H,5-6,14H2,1H3,(H,15,18)(H,16,17)(H,19,20). The molecule has 7 nitrogen and oxygen atoms in total. The topological polar surface area (TPSA) is 130 Å². The minimum Gasteiger partial charge on any atom is -0.481 e. The molecule has 0 aromatic heterocycles. The molecule has 0 aliphatic carbocycles. The average molecular weight is 280 g/mol. The molecule has 0 radical (unpaired) electrons. The molecule has 1 aromatic rings. The first-order chi connectivity index (χ1) is 9.32. The van der Waals surface area contributed by atoms with Crippen LogP contribution in [-0.4, -0.2) is 34.1 Å². The number of rotatable bonds is 6. The Hall–Kier alpha value is -2.41. The number of anilines is 1. The number of hydrogen-bond acceptors (Lipinski definition) is 4. The number of aliphatic carboxylic acids is 1. The first-order valence-electron chi connectivity index (χ1n) is 5.94. The highest BCUT2D eigenvalue weighted by atomic mass is 16.4. The molecule has 0 saturated carbocycles. The highest BCUT2D eigenvalue weighted by Gasteiger charge is 2.19. The predicted molar refractivity (Wildman–Crippen MR) is 71.6 cm³/mol.